The van der Waals surface area contributed by atoms with Crippen LogP contribution >= 0.6 is 0 Å². The summed E-state index contributed by atoms with van der Waals surface area (Å²) in [4.78, 5) is 35.8. The van der Waals surface area contributed by atoms with Crippen molar-refractivity contribution >= 4 is 5.91 Å². The lowest BCUT2D eigenvalue weighted by Gasteiger charge is -2.33. The molecular weight excluding hydrogens is 364 g/mol. The predicted molar refractivity (Wildman–Crippen MR) is 97.9 cm³/mol. The number of nitrogens with zero attached hydrogens (tertiary/aromatic N) is 6. The molecule has 4 heterocycles. The standard InChI is InChI=1S/C18H24N6O4/c1-12-8-14(20-13(2)19-12)16(25)22-5-4-18(10-22)11-23-15(9-28-18)21-24(17(23)26)6-7-27-3/h8H,4-7,9-11H2,1-3H3. The number of aryl methyl sites for hydroxylation is 2. The van der Waals surface area contributed by atoms with E-state index in [1.807, 2.05) is 6.92 Å². The van der Waals surface area contributed by atoms with Crippen molar-refractivity contribution in [3.8, 4) is 0 Å². The molecule has 0 N–H and O–H groups in total. The molecule has 1 spiro atoms. The molecular formula is C18H24N6O4. The van der Waals surface area contributed by atoms with Crippen molar-refractivity contribution in [2.24, 2.45) is 0 Å². The zero-order chi connectivity index (χ0) is 19.9. The van der Waals surface area contributed by atoms with Gasteiger partial charge in [0.1, 0.15) is 23.7 Å². The summed E-state index contributed by atoms with van der Waals surface area (Å²) in [5.74, 6) is 1.05. The van der Waals surface area contributed by atoms with Gasteiger partial charge in [0.25, 0.3) is 5.91 Å². The Morgan fingerprint density at radius 3 is 2.89 bits per heavy atom. The Morgan fingerprint density at radius 2 is 2.14 bits per heavy atom. The molecule has 1 saturated heterocycles. The minimum absolute atomic E-state index is 0.136. The van der Waals surface area contributed by atoms with Crippen molar-refractivity contribution < 1.29 is 14.3 Å². The number of likely N-dealkylation sites (tertiary alicyclic amines) is 1. The van der Waals surface area contributed by atoms with Crippen molar-refractivity contribution in [1.29, 1.82) is 0 Å². The molecule has 1 amide bonds. The second-order valence-electron chi connectivity index (χ2n) is 7.39. The van der Waals surface area contributed by atoms with Gasteiger partial charge in [-0.05, 0) is 26.3 Å². The maximum atomic E-state index is 12.9. The molecule has 1 atom stereocenters. The SMILES string of the molecule is COCCn1nc2n(c1=O)CC1(CCN(C(=O)c3cc(C)nc(C)n3)C1)OC2. The monoisotopic (exact) mass is 388 g/mol. The summed E-state index contributed by atoms with van der Waals surface area (Å²) < 4.78 is 14.2. The van der Waals surface area contributed by atoms with E-state index >= 15 is 0 Å². The van der Waals surface area contributed by atoms with Crippen molar-refractivity contribution in [3.05, 3.63) is 39.6 Å². The highest BCUT2D eigenvalue weighted by molar-refractivity contribution is 5.92. The molecule has 2 aliphatic heterocycles. The highest BCUT2D eigenvalue weighted by atomic mass is 16.5. The zero-order valence-corrected chi connectivity index (χ0v) is 16.3. The molecule has 28 heavy (non-hydrogen) atoms. The smallest absolute Gasteiger partial charge is 0.346 e. The van der Waals surface area contributed by atoms with Crippen LogP contribution in [0.2, 0.25) is 0 Å². The number of hydrogen-bond donors (Lipinski definition) is 0. The van der Waals surface area contributed by atoms with E-state index < -0.39 is 5.60 Å². The van der Waals surface area contributed by atoms with E-state index in [4.69, 9.17) is 9.47 Å². The van der Waals surface area contributed by atoms with Gasteiger partial charge in [-0.2, -0.15) is 5.10 Å². The van der Waals surface area contributed by atoms with Crippen molar-refractivity contribution in [2.75, 3.05) is 26.8 Å². The molecule has 2 aromatic rings. The highest BCUT2D eigenvalue weighted by Gasteiger charge is 2.45. The molecule has 0 aliphatic carbocycles. The van der Waals surface area contributed by atoms with Gasteiger partial charge in [0.05, 0.1) is 26.2 Å². The first-order chi connectivity index (χ1) is 13.4. The molecule has 10 nitrogen and oxygen atoms in total. The molecule has 1 unspecified atom stereocenters. The number of carbonyl (C=O) groups excluding carboxylic acids is 1. The lowest BCUT2D eigenvalue weighted by Crippen LogP contribution is -2.47. The number of hydrogen-bond acceptors (Lipinski definition) is 7. The van der Waals surface area contributed by atoms with Crippen LogP contribution in [0.1, 0.15) is 34.3 Å². The molecule has 4 rings (SSSR count). The van der Waals surface area contributed by atoms with Crippen LogP contribution in [0.5, 0.6) is 0 Å². The third-order valence-electron chi connectivity index (χ3n) is 5.25. The molecule has 150 valence electrons. The van der Waals surface area contributed by atoms with Crippen LogP contribution in [0.15, 0.2) is 10.9 Å². The molecule has 2 aliphatic rings. The van der Waals surface area contributed by atoms with E-state index in [0.717, 1.165) is 5.69 Å². The zero-order valence-electron chi connectivity index (χ0n) is 16.3. The average molecular weight is 388 g/mol. The van der Waals surface area contributed by atoms with Gasteiger partial charge in [0.15, 0.2) is 5.82 Å². The van der Waals surface area contributed by atoms with Gasteiger partial charge in [0.2, 0.25) is 0 Å². The average Bonchev–Trinajstić information content (AvgIpc) is 3.21. The maximum absolute atomic E-state index is 12.9. The minimum atomic E-state index is -0.571. The Balaban J connectivity index is 1.52. The highest BCUT2D eigenvalue weighted by Crippen LogP contribution is 2.32. The fourth-order valence-electron chi connectivity index (χ4n) is 3.88. The van der Waals surface area contributed by atoms with E-state index in [9.17, 15) is 9.59 Å². The quantitative estimate of drug-likeness (QED) is 0.721. The van der Waals surface area contributed by atoms with E-state index in [0.29, 0.717) is 56.5 Å². The summed E-state index contributed by atoms with van der Waals surface area (Å²) in [6.07, 6.45) is 0.664. The second kappa shape index (κ2) is 7.10. The van der Waals surface area contributed by atoms with Crippen LogP contribution in [0, 0.1) is 13.8 Å². The summed E-state index contributed by atoms with van der Waals surface area (Å²) in [6.45, 7) is 6.06. The van der Waals surface area contributed by atoms with E-state index in [1.54, 1.807) is 29.6 Å². The summed E-state index contributed by atoms with van der Waals surface area (Å²) in [5, 5.41) is 4.33. The van der Waals surface area contributed by atoms with Crippen LogP contribution < -0.4 is 5.69 Å². The molecule has 2 aromatic heterocycles. The fraction of sp³-hybridized carbons (Fsp3) is 0.611. The van der Waals surface area contributed by atoms with Gasteiger partial charge in [-0.15, -0.1) is 0 Å². The normalized spacial score (nSPS) is 21.3. The third kappa shape index (κ3) is 3.33. The first kappa shape index (κ1) is 18.8. The fourth-order valence-corrected chi connectivity index (χ4v) is 3.88. The van der Waals surface area contributed by atoms with Crippen LogP contribution in [-0.4, -0.2) is 67.5 Å². The second-order valence-corrected chi connectivity index (χ2v) is 7.39. The molecule has 10 heteroatoms. The van der Waals surface area contributed by atoms with Gasteiger partial charge >= 0.3 is 5.69 Å². The van der Waals surface area contributed by atoms with Crippen molar-refractivity contribution in [3.63, 3.8) is 0 Å². The summed E-state index contributed by atoms with van der Waals surface area (Å²) in [6, 6.07) is 1.70. The first-order valence-electron chi connectivity index (χ1n) is 9.32. The minimum Gasteiger partial charge on any atom is -0.383 e. The Kier molecular flexibility index (Phi) is 4.76. The number of rotatable bonds is 4. The van der Waals surface area contributed by atoms with Gasteiger partial charge in [0, 0.05) is 19.3 Å². The summed E-state index contributed by atoms with van der Waals surface area (Å²) in [5.41, 5.74) is 0.418. The van der Waals surface area contributed by atoms with Crippen molar-refractivity contribution in [2.45, 2.75) is 45.6 Å². The Bertz CT molecular complexity index is 947. The number of fused-ring (bicyclic) bond motifs is 1. The lowest BCUT2D eigenvalue weighted by molar-refractivity contribution is -0.0816. The first-order valence-corrected chi connectivity index (χ1v) is 9.32. The molecule has 0 radical (unpaired) electrons. The van der Waals surface area contributed by atoms with Crippen LogP contribution in [0.3, 0.4) is 0 Å². The molecule has 0 aromatic carbocycles. The van der Waals surface area contributed by atoms with E-state index in [1.165, 1.54) is 4.68 Å². The predicted octanol–water partition coefficient (Wildman–Crippen LogP) is -0.0869. The Morgan fingerprint density at radius 1 is 1.32 bits per heavy atom. The number of amides is 1. The summed E-state index contributed by atoms with van der Waals surface area (Å²) in [7, 11) is 1.59. The van der Waals surface area contributed by atoms with Gasteiger partial charge in [-0.1, -0.05) is 0 Å². The van der Waals surface area contributed by atoms with E-state index in [2.05, 4.69) is 15.1 Å². The van der Waals surface area contributed by atoms with Crippen LogP contribution in [-0.2, 0) is 29.2 Å². The number of methoxy groups -OCH3 is 1. The van der Waals surface area contributed by atoms with Crippen LogP contribution in [0.4, 0.5) is 0 Å². The maximum Gasteiger partial charge on any atom is 0.346 e. The van der Waals surface area contributed by atoms with Crippen molar-refractivity contribution in [1.82, 2.24) is 29.2 Å². The Hall–Kier alpha value is -2.59. The number of carbonyl (C=O) groups is 1. The Labute approximate surface area is 162 Å². The van der Waals surface area contributed by atoms with E-state index in [-0.39, 0.29) is 18.2 Å². The molecule has 0 saturated carbocycles. The molecule has 0 bridgehead atoms. The van der Waals surface area contributed by atoms with Gasteiger partial charge in [-0.3, -0.25) is 9.36 Å². The third-order valence-corrected chi connectivity index (χ3v) is 5.25. The number of aromatic nitrogens is 5. The largest absolute Gasteiger partial charge is 0.383 e. The lowest BCUT2D eigenvalue weighted by atomic mass is 10.0. The molecule has 1 fully saturated rings. The van der Waals surface area contributed by atoms with Crippen LogP contribution in [0.25, 0.3) is 0 Å². The van der Waals surface area contributed by atoms with Gasteiger partial charge < -0.3 is 14.4 Å². The topological polar surface area (TPSA) is 104 Å². The number of ether oxygens (including phenoxy) is 2. The van der Waals surface area contributed by atoms with Gasteiger partial charge in [-0.25, -0.2) is 19.4 Å². The summed E-state index contributed by atoms with van der Waals surface area (Å²) >= 11 is 0.